The molecule has 20 heavy (non-hydrogen) atoms. The van der Waals surface area contributed by atoms with Crippen LogP contribution in [0.15, 0.2) is 28.7 Å². The van der Waals surface area contributed by atoms with Crippen LogP contribution in [0.25, 0.3) is 0 Å². The van der Waals surface area contributed by atoms with Crippen molar-refractivity contribution in [3.05, 3.63) is 40.1 Å². The van der Waals surface area contributed by atoms with E-state index in [0.717, 1.165) is 41.1 Å². The van der Waals surface area contributed by atoms with Crippen molar-refractivity contribution in [1.29, 1.82) is 0 Å². The zero-order valence-electron chi connectivity index (χ0n) is 12.1. The lowest BCUT2D eigenvalue weighted by atomic mass is 10.2. The monoisotopic (exact) mass is 337 g/mol. The topological polar surface area (TPSA) is 39.1 Å². The number of anilines is 1. The second-order valence-corrected chi connectivity index (χ2v) is 5.25. The van der Waals surface area contributed by atoms with Crippen LogP contribution in [0.5, 0.6) is 5.75 Å². The fourth-order valence-electron chi connectivity index (χ4n) is 2.08. The van der Waals surface area contributed by atoms with Crippen LogP contribution in [-0.4, -0.2) is 16.9 Å². The van der Waals surface area contributed by atoms with Crippen LogP contribution in [0.2, 0.25) is 0 Å². The van der Waals surface area contributed by atoms with E-state index in [-0.39, 0.29) is 0 Å². The third-order valence-corrected chi connectivity index (χ3v) is 4.16. The summed E-state index contributed by atoms with van der Waals surface area (Å²) < 4.78 is 8.31. The second kappa shape index (κ2) is 6.79. The SMILES string of the molecule is CCc1nn(CC)c(CNc2ccc(OC)cc2)c1Br. The number of hydrogen-bond acceptors (Lipinski definition) is 3. The highest BCUT2D eigenvalue weighted by molar-refractivity contribution is 9.10. The minimum atomic E-state index is 0.744. The van der Waals surface area contributed by atoms with Crippen LogP contribution in [0, 0.1) is 0 Å². The summed E-state index contributed by atoms with van der Waals surface area (Å²) >= 11 is 3.66. The molecule has 1 N–H and O–H groups in total. The van der Waals surface area contributed by atoms with Gasteiger partial charge in [-0.1, -0.05) is 6.92 Å². The van der Waals surface area contributed by atoms with Gasteiger partial charge in [-0.2, -0.15) is 5.10 Å². The molecule has 4 nitrogen and oxygen atoms in total. The van der Waals surface area contributed by atoms with Gasteiger partial charge >= 0.3 is 0 Å². The van der Waals surface area contributed by atoms with Gasteiger partial charge in [-0.3, -0.25) is 4.68 Å². The lowest BCUT2D eigenvalue weighted by Gasteiger charge is -2.09. The van der Waals surface area contributed by atoms with Crippen LogP contribution >= 0.6 is 15.9 Å². The van der Waals surface area contributed by atoms with E-state index in [4.69, 9.17) is 4.74 Å². The molecule has 0 aliphatic carbocycles. The number of rotatable bonds is 6. The first-order chi connectivity index (χ1) is 9.69. The molecule has 0 unspecified atom stereocenters. The Morgan fingerprint density at radius 1 is 1.25 bits per heavy atom. The van der Waals surface area contributed by atoms with Crippen molar-refractivity contribution >= 4 is 21.6 Å². The van der Waals surface area contributed by atoms with E-state index >= 15 is 0 Å². The highest BCUT2D eigenvalue weighted by atomic mass is 79.9. The highest BCUT2D eigenvalue weighted by Gasteiger charge is 2.13. The highest BCUT2D eigenvalue weighted by Crippen LogP contribution is 2.23. The van der Waals surface area contributed by atoms with Crippen LogP contribution in [-0.2, 0) is 19.5 Å². The molecule has 1 aromatic carbocycles. The lowest BCUT2D eigenvalue weighted by molar-refractivity contribution is 0.415. The van der Waals surface area contributed by atoms with E-state index in [0.29, 0.717) is 0 Å². The summed E-state index contributed by atoms with van der Waals surface area (Å²) in [6.45, 7) is 5.84. The predicted molar refractivity (Wildman–Crippen MR) is 85.3 cm³/mol. The molecule has 1 heterocycles. The minimum Gasteiger partial charge on any atom is -0.497 e. The van der Waals surface area contributed by atoms with Crippen molar-refractivity contribution < 1.29 is 4.74 Å². The lowest BCUT2D eigenvalue weighted by Crippen LogP contribution is -2.08. The number of hydrogen-bond donors (Lipinski definition) is 1. The van der Waals surface area contributed by atoms with E-state index < -0.39 is 0 Å². The summed E-state index contributed by atoms with van der Waals surface area (Å²) in [5, 5.41) is 8.02. The fourth-order valence-corrected chi connectivity index (χ4v) is 2.79. The molecule has 2 rings (SSSR count). The molecule has 0 spiro atoms. The van der Waals surface area contributed by atoms with Crippen LogP contribution < -0.4 is 10.1 Å². The smallest absolute Gasteiger partial charge is 0.119 e. The number of nitrogens with zero attached hydrogens (tertiary/aromatic N) is 2. The molecular formula is C15H20BrN3O. The van der Waals surface area contributed by atoms with Crippen LogP contribution in [0.3, 0.4) is 0 Å². The number of aryl methyl sites for hydroxylation is 2. The number of ether oxygens (including phenoxy) is 1. The van der Waals surface area contributed by atoms with Gasteiger partial charge in [-0.25, -0.2) is 0 Å². The Morgan fingerprint density at radius 2 is 1.95 bits per heavy atom. The maximum Gasteiger partial charge on any atom is 0.119 e. The number of nitrogens with one attached hydrogen (secondary N) is 1. The Hall–Kier alpha value is -1.49. The van der Waals surface area contributed by atoms with Crippen molar-refractivity contribution in [2.24, 2.45) is 0 Å². The summed E-state index contributed by atoms with van der Waals surface area (Å²) in [4.78, 5) is 0. The fraction of sp³-hybridized carbons (Fsp3) is 0.400. The number of aromatic nitrogens is 2. The van der Waals surface area contributed by atoms with Gasteiger partial charge in [-0.05, 0) is 53.5 Å². The maximum absolute atomic E-state index is 5.16. The normalized spacial score (nSPS) is 10.6. The van der Waals surface area contributed by atoms with Gasteiger partial charge < -0.3 is 10.1 Å². The number of halogens is 1. The molecule has 1 aromatic heterocycles. The average Bonchev–Trinajstić information content (AvgIpc) is 2.81. The first-order valence-corrected chi connectivity index (χ1v) is 7.60. The number of benzene rings is 1. The standard InChI is InChI=1S/C15H20BrN3O/c1-4-13-15(16)14(19(5-2)18-13)10-17-11-6-8-12(20-3)9-7-11/h6-9,17H,4-5,10H2,1-3H3. The van der Waals surface area contributed by atoms with Gasteiger partial charge in [0, 0.05) is 12.2 Å². The molecule has 0 saturated heterocycles. The zero-order chi connectivity index (χ0) is 14.5. The van der Waals surface area contributed by atoms with E-state index in [1.54, 1.807) is 7.11 Å². The Labute approximate surface area is 128 Å². The predicted octanol–water partition coefficient (Wildman–Crippen LogP) is 3.85. The van der Waals surface area contributed by atoms with Crippen molar-refractivity contribution in [3.8, 4) is 5.75 Å². The molecular weight excluding hydrogens is 318 g/mol. The first kappa shape index (κ1) is 14.9. The van der Waals surface area contributed by atoms with Gasteiger partial charge in [0.05, 0.1) is 29.5 Å². The van der Waals surface area contributed by atoms with Crippen LogP contribution in [0.4, 0.5) is 5.69 Å². The molecule has 108 valence electrons. The first-order valence-electron chi connectivity index (χ1n) is 6.81. The molecule has 0 amide bonds. The van der Waals surface area contributed by atoms with Crippen molar-refractivity contribution in [2.45, 2.75) is 33.4 Å². The summed E-state index contributed by atoms with van der Waals surface area (Å²) in [5.41, 5.74) is 3.36. The molecule has 0 aliphatic rings. The molecule has 0 saturated carbocycles. The number of methoxy groups -OCH3 is 1. The van der Waals surface area contributed by atoms with Crippen molar-refractivity contribution in [1.82, 2.24) is 9.78 Å². The van der Waals surface area contributed by atoms with Gasteiger partial charge in [-0.15, -0.1) is 0 Å². The Kier molecular flexibility index (Phi) is 5.06. The van der Waals surface area contributed by atoms with Gasteiger partial charge in [0.2, 0.25) is 0 Å². The maximum atomic E-state index is 5.16. The molecule has 0 bridgehead atoms. The second-order valence-electron chi connectivity index (χ2n) is 4.46. The van der Waals surface area contributed by atoms with Gasteiger partial charge in [0.15, 0.2) is 0 Å². The molecule has 0 fully saturated rings. The van der Waals surface area contributed by atoms with Crippen LogP contribution in [0.1, 0.15) is 25.2 Å². The summed E-state index contributed by atoms with van der Waals surface area (Å²) in [7, 11) is 1.67. The van der Waals surface area contributed by atoms with Gasteiger partial charge in [0.1, 0.15) is 5.75 Å². The third kappa shape index (κ3) is 3.15. The minimum absolute atomic E-state index is 0.744. The quantitative estimate of drug-likeness (QED) is 0.870. The Morgan fingerprint density at radius 3 is 2.50 bits per heavy atom. The molecule has 2 aromatic rings. The Bertz CT molecular complexity index is 563. The largest absolute Gasteiger partial charge is 0.497 e. The van der Waals surface area contributed by atoms with Gasteiger partial charge in [0.25, 0.3) is 0 Å². The van der Waals surface area contributed by atoms with E-state index in [2.05, 4.69) is 40.2 Å². The zero-order valence-corrected chi connectivity index (χ0v) is 13.7. The molecule has 0 aliphatic heterocycles. The average molecular weight is 338 g/mol. The van der Waals surface area contributed by atoms with Crippen molar-refractivity contribution in [2.75, 3.05) is 12.4 Å². The summed E-state index contributed by atoms with van der Waals surface area (Å²) in [5.74, 6) is 0.864. The van der Waals surface area contributed by atoms with E-state index in [9.17, 15) is 0 Å². The van der Waals surface area contributed by atoms with Crippen molar-refractivity contribution in [3.63, 3.8) is 0 Å². The molecule has 0 radical (unpaired) electrons. The summed E-state index contributed by atoms with van der Waals surface area (Å²) in [6.07, 6.45) is 0.934. The van der Waals surface area contributed by atoms with E-state index in [1.807, 2.05) is 28.9 Å². The Balaban J connectivity index is 2.11. The third-order valence-electron chi connectivity index (χ3n) is 3.24. The molecule has 0 atom stereocenters. The molecule has 5 heteroatoms. The summed E-state index contributed by atoms with van der Waals surface area (Å²) in [6, 6.07) is 7.93. The van der Waals surface area contributed by atoms with E-state index in [1.165, 1.54) is 5.69 Å².